The molecule has 0 aliphatic rings. The molecule has 24 heavy (non-hydrogen) atoms. The number of rotatable bonds is 5. The molecule has 0 amide bonds. The molecule has 1 aromatic carbocycles. The van der Waals surface area contributed by atoms with Crippen molar-refractivity contribution in [3.63, 3.8) is 0 Å². The van der Waals surface area contributed by atoms with E-state index in [0.29, 0.717) is 5.02 Å². The molecule has 0 spiro atoms. The van der Waals surface area contributed by atoms with E-state index in [1.54, 1.807) is 6.21 Å². The summed E-state index contributed by atoms with van der Waals surface area (Å²) in [5.74, 6) is 0. The predicted molar refractivity (Wildman–Crippen MR) is 109 cm³/mol. The van der Waals surface area contributed by atoms with Gasteiger partial charge in [-0.05, 0) is 56.6 Å². The molecule has 136 valence electrons. The summed E-state index contributed by atoms with van der Waals surface area (Å²) in [5.41, 5.74) is 0.932. The van der Waals surface area contributed by atoms with Gasteiger partial charge in [-0.3, -0.25) is 0 Å². The van der Waals surface area contributed by atoms with Gasteiger partial charge in [0.05, 0.1) is 6.21 Å². The van der Waals surface area contributed by atoms with Crippen molar-refractivity contribution < 1.29 is 8.98 Å². The lowest BCUT2D eigenvalue weighted by atomic mass is 10.1. The monoisotopic (exact) mass is 387 g/mol. The van der Waals surface area contributed by atoms with E-state index in [4.69, 9.17) is 16.0 Å². The van der Waals surface area contributed by atoms with E-state index in [1.807, 2.05) is 45.0 Å². The molecule has 3 nitrogen and oxygen atoms in total. The molecule has 1 aromatic rings. The third-order valence-electron chi connectivity index (χ3n) is 4.22. The van der Waals surface area contributed by atoms with Gasteiger partial charge in [0, 0.05) is 5.02 Å². The van der Waals surface area contributed by atoms with Crippen LogP contribution in [0.25, 0.3) is 0 Å². The fraction of sp³-hybridized carbons (Fsp3) is 0.611. The maximum absolute atomic E-state index is 12.3. The minimum Gasteiger partial charge on any atom is -0.591 e. The van der Waals surface area contributed by atoms with Crippen molar-refractivity contribution in [2.45, 2.75) is 70.5 Å². The lowest BCUT2D eigenvalue weighted by Gasteiger charge is -2.38. The third kappa shape index (κ3) is 6.19. The third-order valence-corrected chi connectivity index (χ3v) is 10.3. The van der Waals surface area contributed by atoms with Crippen molar-refractivity contribution in [1.82, 2.24) is 0 Å². The molecule has 0 fully saturated rings. The first-order chi connectivity index (χ1) is 10.7. The van der Waals surface area contributed by atoms with E-state index in [9.17, 15) is 4.55 Å². The predicted octanol–water partition coefficient (Wildman–Crippen LogP) is 5.94. The lowest BCUT2D eigenvalue weighted by molar-refractivity contribution is 0.251. The molecule has 0 saturated carbocycles. The largest absolute Gasteiger partial charge is 0.591 e. The van der Waals surface area contributed by atoms with Gasteiger partial charge in [0.1, 0.15) is 22.2 Å². The molecule has 6 heteroatoms. The summed E-state index contributed by atoms with van der Waals surface area (Å²) in [5, 5.41) is 0.725. The van der Waals surface area contributed by atoms with E-state index < -0.39 is 24.4 Å². The molecule has 0 N–H and O–H groups in total. The number of hydrogen-bond donors (Lipinski definition) is 0. The Hall–Kier alpha value is -0.333. The Bertz CT molecular complexity index is 579. The molecule has 2 atom stereocenters. The van der Waals surface area contributed by atoms with Gasteiger partial charge in [-0.25, -0.2) is 0 Å². The highest BCUT2D eigenvalue weighted by Crippen LogP contribution is 2.39. The van der Waals surface area contributed by atoms with Gasteiger partial charge in [-0.2, -0.15) is 0 Å². The summed E-state index contributed by atoms with van der Waals surface area (Å²) in [6.07, 6.45) is 1.32. The van der Waals surface area contributed by atoms with Crippen LogP contribution in [0.15, 0.2) is 28.7 Å². The second-order valence-corrected chi connectivity index (χ2v) is 15.6. The van der Waals surface area contributed by atoms with Crippen LogP contribution < -0.4 is 0 Å². The van der Waals surface area contributed by atoms with Crippen molar-refractivity contribution in [2.24, 2.45) is 4.40 Å². The van der Waals surface area contributed by atoms with Crippen LogP contribution in [0.1, 0.15) is 53.2 Å². The molecule has 0 aliphatic heterocycles. The summed E-state index contributed by atoms with van der Waals surface area (Å²) < 4.78 is 22.6. The van der Waals surface area contributed by atoms with Gasteiger partial charge in [-0.1, -0.05) is 48.9 Å². The highest BCUT2D eigenvalue weighted by Gasteiger charge is 2.39. The van der Waals surface area contributed by atoms with Crippen LogP contribution in [0.4, 0.5) is 0 Å². The second-order valence-electron chi connectivity index (χ2n) is 8.47. The molecule has 0 saturated heterocycles. The molecule has 1 unspecified atom stereocenters. The van der Waals surface area contributed by atoms with Crippen LogP contribution in [0.3, 0.4) is 0 Å². The van der Waals surface area contributed by atoms with Crippen molar-refractivity contribution in [2.75, 3.05) is 0 Å². The Balaban J connectivity index is 3.16. The molecule has 0 heterocycles. The fourth-order valence-corrected chi connectivity index (χ4v) is 3.55. The van der Waals surface area contributed by atoms with Gasteiger partial charge in [0.15, 0.2) is 8.32 Å². The van der Waals surface area contributed by atoms with Crippen molar-refractivity contribution in [1.29, 1.82) is 0 Å². The summed E-state index contributed by atoms with van der Waals surface area (Å²) >= 11 is 4.82. The summed E-state index contributed by atoms with van der Waals surface area (Å²) in [4.78, 5) is 0. The SMILES string of the molecule is CC(C)(C)[S+]([O-])N=C[C@H](O[Si](C)(C)C(C)(C)C)c1cccc(Cl)c1. The zero-order valence-electron chi connectivity index (χ0n) is 16.0. The molecule has 0 bridgehead atoms. The Kier molecular flexibility index (Phi) is 7.16. The summed E-state index contributed by atoms with van der Waals surface area (Å²) in [6, 6.07) is 7.58. The normalized spacial score (nSPS) is 16.4. The molecule has 1 rings (SSSR count). The Morgan fingerprint density at radius 1 is 1.21 bits per heavy atom. The van der Waals surface area contributed by atoms with Crippen LogP contribution in [0, 0.1) is 0 Å². The van der Waals surface area contributed by atoms with Crippen molar-refractivity contribution in [3.05, 3.63) is 34.9 Å². The number of hydrogen-bond acceptors (Lipinski definition) is 3. The maximum Gasteiger partial charge on any atom is 0.193 e. The van der Waals surface area contributed by atoms with Crippen molar-refractivity contribution in [3.8, 4) is 0 Å². The van der Waals surface area contributed by atoms with Gasteiger partial charge >= 0.3 is 0 Å². The zero-order valence-corrected chi connectivity index (χ0v) is 18.6. The standard InChI is InChI=1S/C18H30ClNO2SSi/c1-17(2,3)23(21)20-13-16(14-10-9-11-15(19)12-14)22-24(7,8)18(4,5)6/h9-13,16H,1-8H3/t16-,23?/m0/s1. The molecular formula is C18H30ClNO2SSi. The van der Waals surface area contributed by atoms with Gasteiger partial charge < -0.3 is 8.98 Å². The molecule has 0 aliphatic carbocycles. The zero-order chi connectivity index (χ0) is 18.8. The number of nitrogens with zero attached hydrogens (tertiary/aromatic N) is 1. The van der Waals surface area contributed by atoms with Crippen LogP contribution >= 0.6 is 11.6 Å². The van der Waals surface area contributed by atoms with E-state index in [-0.39, 0.29) is 11.1 Å². The van der Waals surface area contributed by atoms with Crippen LogP contribution in [0.2, 0.25) is 23.2 Å². The maximum atomic E-state index is 12.3. The molecule has 0 aromatic heterocycles. The Labute approximate surface area is 156 Å². The first-order valence-electron chi connectivity index (χ1n) is 8.13. The van der Waals surface area contributed by atoms with E-state index in [0.717, 1.165) is 5.56 Å². The minimum atomic E-state index is -2.02. The minimum absolute atomic E-state index is 0.0703. The molecule has 0 radical (unpaired) electrons. The van der Waals surface area contributed by atoms with E-state index >= 15 is 0 Å². The van der Waals surface area contributed by atoms with Crippen LogP contribution in [0.5, 0.6) is 0 Å². The fourth-order valence-electron chi connectivity index (χ4n) is 1.63. The second kappa shape index (κ2) is 7.91. The highest BCUT2D eigenvalue weighted by atomic mass is 35.5. The van der Waals surface area contributed by atoms with E-state index in [1.165, 1.54) is 0 Å². The van der Waals surface area contributed by atoms with Crippen LogP contribution in [-0.2, 0) is 15.8 Å². The first-order valence-corrected chi connectivity index (χ1v) is 12.5. The van der Waals surface area contributed by atoms with Gasteiger partial charge in [-0.15, -0.1) is 0 Å². The Morgan fingerprint density at radius 3 is 2.25 bits per heavy atom. The molecular weight excluding hydrogens is 358 g/mol. The van der Waals surface area contributed by atoms with Crippen molar-refractivity contribution >= 4 is 37.5 Å². The van der Waals surface area contributed by atoms with E-state index in [2.05, 4.69) is 38.3 Å². The average Bonchev–Trinajstić information content (AvgIpc) is 2.40. The number of benzene rings is 1. The topological polar surface area (TPSA) is 44.7 Å². The van der Waals surface area contributed by atoms with Gasteiger partial charge in [0.25, 0.3) is 0 Å². The Morgan fingerprint density at radius 2 is 1.79 bits per heavy atom. The lowest BCUT2D eigenvalue weighted by Crippen LogP contribution is -2.42. The number of halogens is 1. The quantitative estimate of drug-likeness (QED) is 0.356. The van der Waals surface area contributed by atoms with Crippen LogP contribution in [-0.4, -0.2) is 23.8 Å². The first kappa shape index (κ1) is 21.7. The van der Waals surface area contributed by atoms with Gasteiger partial charge in [0.2, 0.25) is 0 Å². The summed E-state index contributed by atoms with van der Waals surface area (Å²) in [7, 11) is -2.02. The average molecular weight is 388 g/mol. The smallest absolute Gasteiger partial charge is 0.193 e. The highest BCUT2D eigenvalue weighted by molar-refractivity contribution is 7.91. The summed E-state index contributed by atoms with van der Waals surface area (Å²) in [6.45, 7) is 16.7.